The number of carbonyl (C=O) groups excluding carboxylic acids is 1. The van der Waals surface area contributed by atoms with Gasteiger partial charge in [0.2, 0.25) is 5.91 Å². The molecule has 0 aliphatic heterocycles. The fraction of sp³-hybridized carbons (Fsp3) is 0.235. The van der Waals surface area contributed by atoms with Gasteiger partial charge in [-0.2, -0.15) is 13.2 Å². The molecule has 0 fully saturated rings. The molecule has 0 saturated carbocycles. The molecule has 1 N–H and O–H groups in total. The summed E-state index contributed by atoms with van der Waals surface area (Å²) in [6.45, 7) is -0.278. The number of aryl methyl sites for hydroxylation is 1. The Labute approximate surface area is 150 Å². The van der Waals surface area contributed by atoms with Crippen molar-refractivity contribution in [2.24, 2.45) is 14.1 Å². The molecule has 0 spiro atoms. The highest BCUT2D eigenvalue weighted by molar-refractivity contribution is 5.91. The van der Waals surface area contributed by atoms with E-state index in [4.69, 9.17) is 0 Å². The number of alkyl halides is 3. The van der Waals surface area contributed by atoms with Gasteiger partial charge in [-0.3, -0.25) is 18.7 Å². The highest BCUT2D eigenvalue weighted by Crippen LogP contribution is 2.30. The summed E-state index contributed by atoms with van der Waals surface area (Å²) in [4.78, 5) is 36.5. The molecule has 0 aliphatic carbocycles. The van der Waals surface area contributed by atoms with Crippen LogP contribution in [0.5, 0.6) is 0 Å². The normalized spacial score (nSPS) is 11.7. The molecule has 7 nitrogen and oxygen atoms in total. The molecule has 2 aromatic heterocycles. The molecule has 0 bridgehead atoms. The number of benzene rings is 1. The van der Waals surface area contributed by atoms with Gasteiger partial charge in [-0.05, 0) is 24.3 Å². The van der Waals surface area contributed by atoms with Crippen LogP contribution >= 0.6 is 0 Å². The molecule has 10 heteroatoms. The van der Waals surface area contributed by atoms with Crippen LogP contribution in [-0.2, 0) is 31.6 Å². The van der Waals surface area contributed by atoms with Crippen molar-refractivity contribution in [1.29, 1.82) is 0 Å². The first-order valence-electron chi connectivity index (χ1n) is 7.81. The first-order chi connectivity index (χ1) is 12.6. The molecule has 0 atom stereocenters. The zero-order valence-corrected chi connectivity index (χ0v) is 14.4. The van der Waals surface area contributed by atoms with Crippen LogP contribution in [0.1, 0.15) is 5.56 Å². The van der Waals surface area contributed by atoms with Gasteiger partial charge in [0, 0.05) is 26.0 Å². The fourth-order valence-corrected chi connectivity index (χ4v) is 2.84. The fourth-order valence-electron chi connectivity index (χ4n) is 2.84. The maximum Gasteiger partial charge on any atom is 0.416 e. The lowest BCUT2D eigenvalue weighted by Crippen LogP contribution is -2.37. The topological polar surface area (TPSA) is 78.0 Å². The Morgan fingerprint density at radius 3 is 2.48 bits per heavy atom. The predicted molar refractivity (Wildman–Crippen MR) is 92.5 cm³/mol. The van der Waals surface area contributed by atoms with Crippen molar-refractivity contribution in [3.8, 4) is 0 Å². The molecule has 0 saturated heterocycles. The Kier molecular flexibility index (Phi) is 4.42. The van der Waals surface area contributed by atoms with E-state index >= 15 is 0 Å². The number of hydrogen-bond acceptors (Lipinski definition) is 3. The van der Waals surface area contributed by atoms with Crippen molar-refractivity contribution in [2.75, 3.05) is 5.32 Å². The van der Waals surface area contributed by atoms with Crippen LogP contribution in [-0.4, -0.2) is 19.6 Å². The number of fused-ring (bicyclic) bond motifs is 1. The van der Waals surface area contributed by atoms with Crippen LogP contribution < -0.4 is 16.6 Å². The van der Waals surface area contributed by atoms with Crippen LogP contribution in [0.15, 0.2) is 46.1 Å². The van der Waals surface area contributed by atoms with Crippen molar-refractivity contribution in [2.45, 2.75) is 12.7 Å². The SMILES string of the molecule is Cn1c(=O)c2ccn(CC(=O)Nc3cccc(C(F)(F)F)c3)c2n(C)c1=O. The number of anilines is 1. The largest absolute Gasteiger partial charge is 0.416 e. The molecule has 3 aromatic rings. The highest BCUT2D eigenvalue weighted by atomic mass is 19.4. The molecular formula is C17H15F3N4O3. The summed E-state index contributed by atoms with van der Waals surface area (Å²) in [5.41, 5.74) is -1.67. The number of carbonyl (C=O) groups is 1. The first kappa shape index (κ1) is 18.5. The lowest BCUT2D eigenvalue weighted by molar-refractivity contribution is -0.137. The van der Waals surface area contributed by atoms with Crippen LogP contribution in [0, 0.1) is 0 Å². The molecule has 3 rings (SSSR count). The molecular weight excluding hydrogens is 365 g/mol. The van der Waals surface area contributed by atoms with E-state index in [9.17, 15) is 27.6 Å². The monoisotopic (exact) mass is 380 g/mol. The van der Waals surface area contributed by atoms with Gasteiger partial charge in [-0.15, -0.1) is 0 Å². The molecule has 0 radical (unpaired) electrons. The highest BCUT2D eigenvalue weighted by Gasteiger charge is 2.30. The number of amides is 1. The lowest BCUT2D eigenvalue weighted by atomic mass is 10.2. The summed E-state index contributed by atoms with van der Waals surface area (Å²) in [5.74, 6) is -0.597. The van der Waals surface area contributed by atoms with Gasteiger partial charge in [-0.1, -0.05) is 6.07 Å². The zero-order chi connectivity index (χ0) is 19.9. The summed E-state index contributed by atoms with van der Waals surface area (Å²) in [6, 6.07) is 5.75. The van der Waals surface area contributed by atoms with E-state index in [-0.39, 0.29) is 23.3 Å². The average Bonchev–Trinajstić information content (AvgIpc) is 3.01. The second-order valence-electron chi connectivity index (χ2n) is 6.01. The Morgan fingerprint density at radius 2 is 1.81 bits per heavy atom. The second-order valence-corrected chi connectivity index (χ2v) is 6.01. The average molecular weight is 380 g/mol. The number of nitrogens with one attached hydrogen (secondary N) is 1. The second kappa shape index (κ2) is 6.45. The van der Waals surface area contributed by atoms with Gasteiger partial charge < -0.3 is 9.88 Å². The van der Waals surface area contributed by atoms with Gasteiger partial charge in [-0.25, -0.2) is 4.79 Å². The van der Waals surface area contributed by atoms with Crippen LogP contribution in [0.4, 0.5) is 18.9 Å². The third-order valence-corrected chi connectivity index (χ3v) is 4.15. The van der Waals surface area contributed by atoms with E-state index < -0.39 is 28.9 Å². The van der Waals surface area contributed by atoms with Crippen molar-refractivity contribution in [1.82, 2.24) is 13.7 Å². The Balaban J connectivity index is 1.90. The lowest BCUT2D eigenvalue weighted by Gasteiger charge is -2.12. The van der Waals surface area contributed by atoms with Gasteiger partial charge in [0.25, 0.3) is 5.56 Å². The summed E-state index contributed by atoms with van der Waals surface area (Å²) < 4.78 is 41.8. The molecule has 0 aliphatic rings. The molecule has 1 amide bonds. The van der Waals surface area contributed by atoms with Gasteiger partial charge in [0.05, 0.1) is 10.9 Å². The minimum absolute atomic E-state index is 0.00362. The maximum atomic E-state index is 12.8. The minimum atomic E-state index is -4.52. The first-order valence-corrected chi connectivity index (χ1v) is 7.81. The minimum Gasteiger partial charge on any atom is -0.325 e. The summed E-state index contributed by atoms with van der Waals surface area (Å²) in [6.07, 6.45) is -3.05. The number of halogens is 3. The van der Waals surface area contributed by atoms with E-state index in [1.54, 1.807) is 0 Å². The van der Waals surface area contributed by atoms with Crippen molar-refractivity contribution >= 4 is 22.6 Å². The number of nitrogens with zero attached hydrogens (tertiary/aromatic N) is 3. The molecule has 142 valence electrons. The molecule has 2 heterocycles. The third kappa shape index (κ3) is 3.37. The maximum absolute atomic E-state index is 12.8. The van der Waals surface area contributed by atoms with Crippen molar-refractivity contribution < 1.29 is 18.0 Å². The molecule has 0 unspecified atom stereocenters. The third-order valence-electron chi connectivity index (χ3n) is 4.15. The van der Waals surface area contributed by atoms with E-state index in [1.807, 2.05) is 0 Å². The number of rotatable bonds is 3. The standard InChI is InChI=1S/C17H15F3N4O3/c1-22-14-12(15(26)23(2)16(22)27)6-7-24(14)9-13(25)21-11-5-3-4-10(8-11)17(18,19)20/h3-8H,9H2,1-2H3,(H,21,25). The van der Waals surface area contributed by atoms with E-state index in [0.29, 0.717) is 0 Å². The molecule has 1 aromatic carbocycles. The van der Waals surface area contributed by atoms with Crippen LogP contribution in [0.3, 0.4) is 0 Å². The number of aromatic nitrogens is 3. The zero-order valence-electron chi connectivity index (χ0n) is 14.4. The summed E-state index contributed by atoms with van der Waals surface area (Å²) in [5, 5.41) is 2.64. The van der Waals surface area contributed by atoms with E-state index in [1.165, 1.54) is 47.6 Å². The van der Waals surface area contributed by atoms with Gasteiger partial charge in [0.1, 0.15) is 12.2 Å². The van der Waals surface area contributed by atoms with Crippen molar-refractivity contribution in [3.63, 3.8) is 0 Å². The number of hydrogen-bond donors (Lipinski definition) is 1. The van der Waals surface area contributed by atoms with Crippen LogP contribution in [0.25, 0.3) is 11.0 Å². The predicted octanol–water partition coefficient (Wildman–Crippen LogP) is 1.70. The smallest absolute Gasteiger partial charge is 0.325 e. The van der Waals surface area contributed by atoms with E-state index in [2.05, 4.69) is 5.32 Å². The summed E-state index contributed by atoms with van der Waals surface area (Å²) in [7, 11) is 2.81. The Morgan fingerprint density at radius 1 is 1.11 bits per heavy atom. The quantitative estimate of drug-likeness (QED) is 0.751. The Hall–Kier alpha value is -3.30. The van der Waals surface area contributed by atoms with Gasteiger partial charge >= 0.3 is 11.9 Å². The van der Waals surface area contributed by atoms with Crippen molar-refractivity contribution in [3.05, 3.63) is 62.9 Å². The van der Waals surface area contributed by atoms with Gasteiger partial charge in [0.15, 0.2) is 0 Å². The Bertz CT molecular complexity index is 1150. The van der Waals surface area contributed by atoms with E-state index in [0.717, 1.165) is 16.7 Å². The summed E-state index contributed by atoms with van der Waals surface area (Å²) >= 11 is 0. The molecule has 27 heavy (non-hydrogen) atoms. The van der Waals surface area contributed by atoms with Crippen LogP contribution in [0.2, 0.25) is 0 Å².